The monoisotopic (exact) mass is 511 g/mol. The number of rotatable bonds is 9. The Labute approximate surface area is 225 Å². The van der Waals surface area contributed by atoms with E-state index in [9.17, 15) is 4.39 Å². The van der Waals surface area contributed by atoms with Gasteiger partial charge in [-0.3, -0.25) is 0 Å². The molecule has 1 aliphatic rings. The van der Waals surface area contributed by atoms with Crippen molar-refractivity contribution in [3.05, 3.63) is 84.2 Å². The number of nitrogens with one attached hydrogen (secondary N) is 2. The van der Waals surface area contributed by atoms with E-state index in [1.807, 2.05) is 73.6 Å². The van der Waals surface area contributed by atoms with Crippen LogP contribution in [0.15, 0.2) is 72.8 Å². The molecule has 5 nitrogen and oxygen atoms in total. The third-order valence-electron chi connectivity index (χ3n) is 7.72. The van der Waals surface area contributed by atoms with Crippen molar-refractivity contribution in [3.8, 4) is 11.1 Å². The van der Waals surface area contributed by atoms with Crippen molar-refractivity contribution < 1.29 is 4.39 Å². The maximum absolute atomic E-state index is 14.8. The number of fused-ring (bicyclic) bond motifs is 1. The summed E-state index contributed by atoms with van der Waals surface area (Å²) in [5.74, 6) is 2.42. The van der Waals surface area contributed by atoms with E-state index in [1.54, 1.807) is 6.07 Å². The van der Waals surface area contributed by atoms with Crippen LogP contribution in [0, 0.1) is 11.7 Å². The van der Waals surface area contributed by atoms with Gasteiger partial charge in [0.2, 0.25) is 5.95 Å². The zero-order valence-electron chi connectivity index (χ0n) is 22.6. The lowest BCUT2D eigenvalue weighted by Crippen LogP contribution is -2.33. The number of anilines is 2. The number of benzene rings is 3. The fraction of sp³-hybridized carbons (Fsp3) is 0.375. The second-order valence-electron chi connectivity index (χ2n) is 10.8. The molecule has 198 valence electrons. The molecule has 0 bridgehead atoms. The Balaban J connectivity index is 1.09. The summed E-state index contributed by atoms with van der Waals surface area (Å²) in [5.41, 5.74) is 3.58. The molecule has 0 unspecified atom stereocenters. The largest absolute Gasteiger partial charge is 0.362 e. The van der Waals surface area contributed by atoms with Crippen molar-refractivity contribution in [3.63, 3.8) is 0 Å². The molecule has 1 aliphatic carbocycles. The summed E-state index contributed by atoms with van der Waals surface area (Å²) in [6.07, 6.45) is 4.57. The van der Waals surface area contributed by atoms with Crippen molar-refractivity contribution in [1.82, 2.24) is 15.3 Å². The van der Waals surface area contributed by atoms with Crippen molar-refractivity contribution in [2.24, 2.45) is 5.92 Å². The molecule has 1 atom stereocenters. The number of aromatic nitrogens is 2. The SMILES string of the molecule is C[C@H](CNC[C@H]1CC[C@@H](Nc2nc(N(C)C)c3ccccc3n2)CC1)c1ccc(-c2ccccc2)c(F)c1. The van der Waals surface area contributed by atoms with Crippen LogP contribution in [0.4, 0.5) is 16.2 Å². The van der Waals surface area contributed by atoms with E-state index in [-0.39, 0.29) is 11.7 Å². The topological polar surface area (TPSA) is 53.1 Å². The summed E-state index contributed by atoms with van der Waals surface area (Å²) in [4.78, 5) is 11.6. The average molecular weight is 512 g/mol. The number of hydrogen-bond acceptors (Lipinski definition) is 5. The molecule has 4 aromatic rings. The average Bonchev–Trinajstić information content (AvgIpc) is 2.94. The van der Waals surface area contributed by atoms with Crippen LogP contribution in [0.3, 0.4) is 0 Å². The van der Waals surface area contributed by atoms with Crippen molar-refractivity contribution in [2.45, 2.75) is 44.6 Å². The molecule has 1 aromatic heterocycles. The molecule has 0 amide bonds. The predicted octanol–water partition coefficient (Wildman–Crippen LogP) is 6.87. The Kier molecular flexibility index (Phi) is 8.18. The molecular formula is C32H38FN5. The summed E-state index contributed by atoms with van der Waals surface area (Å²) in [6.45, 7) is 4.01. The maximum atomic E-state index is 14.8. The van der Waals surface area contributed by atoms with E-state index >= 15 is 0 Å². The second kappa shape index (κ2) is 11.9. The molecule has 2 N–H and O–H groups in total. The number of nitrogens with zero attached hydrogens (tertiary/aromatic N) is 3. The van der Waals surface area contributed by atoms with Crippen LogP contribution in [0.2, 0.25) is 0 Å². The first-order valence-electron chi connectivity index (χ1n) is 13.7. The highest BCUT2D eigenvalue weighted by Gasteiger charge is 2.22. The molecule has 3 aromatic carbocycles. The summed E-state index contributed by atoms with van der Waals surface area (Å²) in [7, 11) is 4.04. The highest BCUT2D eigenvalue weighted by molar-refractivity contribution is 5.90. The Morgan fingerprint density at radius 2 is 1.66 bits per heavy atom. The second-order valence-corrected chi connectivity index (χ2v) is 10.8. The van der Waals surface area contributed by atoms with Gasteiger partial charge in [0.1, 0.15) is 11.6 Å². The lowest BCUT2D eigenvalue weighted by molar-refractivity contribution is 0.322. The molecule has 0 radical (unpaired) electrons. The zero-order chi connectivity index (χ0) is 26.5. The van der Waals surface area contributed by atoms with Crippen molar-refractivity contribution in [1.29, 1.82) is 0 Å². The molecule has 0 spiro atoms. The van der Waals surface area contributed by atoms with Gasteiger partial charge in [-0.1, -0.05) is 61.5 Å². The van der Waals surface area contributed by atoms with Gasteiger partial charge in [-0.05, 0) is 73.4 Å². The summed E-state index contributed by atoms with van der Waals surface area (Å²) in [6, 6.07) is 24.0. The highest BCUT2D eigenvalue weighted by Crippen LogP contribution is 2.29. The van der Waals surface area contributed by atoms with Gasteiger partial charge in [-0.2, -0.15) is 4.98 Å². The molecule has 1 saturated carbocycles. The van der Waals surface area contributed by atoms with E-state index in [0.29, 0.717) is 23.5 Å². The smallest absolute Gasteiger partial charge is 0.225 e. The lowest BCUT2D eigenvalue weighted by Gasteiger charge is -2.30. The standard InChI is InChI=1S/C32H38FN5/c1-22(25-15-18-27(29(33)19-25)24-9-5-4-6-10-24)20-34-21-23-13-16-26(17-14-23)35-32-36-30-12-8-7-11-28(30)31(37-32)38(2)3/h4-12,15,18-19,22-23,26,34H,13-14,16-17,20-21H2,1-3H3,(H,35,36,37)/t22-,23-,26+/m1/s1. The van der Waals surface area contributed by atoms with Crippen LogP contribution >= 0.6 is 0 Å². The minimum absolute atomic E-state index is 0.153. The first-order chi connectivity index (χ1) is 18.5. The van der Waals surface area contributed by atoms with Crippen LogP contribution in [0.1, 0.15) is 44.1 Å². The van der Waals surface area contributed by atoms with Gasteiger partial charge in [-0.25, -0.2) is 9.37 Å². The van der Waals surface area contributed by atoms with E-state index < -0.39 is 0 Å². The van der Waals surface area contributed by atoms with Crippen LogP contribution in [0.5, 0.6) is 0 Å². The van der Waals surface area contributed by atoms with Crippen LogP contribution < -0.4 is 15.5 Å². The number of halogens is 1. The number of hydrogen-bond donors (Lipinski definition) is 2. The maximum Gasteiger partial charge on any atom is 0.225 e. The van der Waals surface area contributed by atoms with E-state index in [0.717, 1.165) is 53.8 Å². The Hall–Kier alpha value is -3.51. The van der Waals surface area contributed by atoms with Crippen LogP contribution in [0.25, 0.3) is 22.0 Å². The zero-order valence-corrected chi connectivity index (χ0v) is 22.6. The van der Waals surface area contributed by atoms with Crippen molar-refractivity contribution >= 4 is 22.7 Å². The Bertz CT molecular complexity index is 1350. The first kappa shape index (κ1) is 26.1. The van der Waals surface area contributed by atoms with Gasteiger partial charge < -0.3 is 15.5 Å². The summed E-state index contributed by atoms with van der Waals surface area (Å²) in [5, 5.41) is 8.32. The van der Waals surface area contributed by atoms with E-state index in [2.05, 4.69) is 29.7 Å². The van der Waals surface area contributed by atoms with Gasteiger partial charge in [0.05, 0.1) is 5.52 Å². The Morgan fingerprint density at radius 3 is 2.39 bits per heavy atom. The van der Waals surface area contributed by atoms with Crippen molar-refractivity contribution in [2.75, 3.05) is 37.4 Å². The van der Waals surface area contributed by atoms with E-state index in [1.165, 1.54) is 12.8 Å². The molecule has 38 heavy (non-hydrogen) atoms. The Morgan fingerprint density at radius 1 is 0.921 bits per heavy atom. The van der Waals surface area contributed by atoms with Crippen LogP contribution in [-0.4, -0.2) is 43.2 Å². The third-order valence-corrected chi connectivity index (χ3v) is 7.72. The molecule has 0 aliphatic heterocycles. The van der Waals surface area contributed by atoms with Gasteiger partial charge in [-0.15, -0.1) is 0 Å². The molecule has 0 saturated heterocycles. The lowest BCUT2D eigenvalue weighted by atomic mass is 9.86. The fourth-order valence-electron chi connectivity index (χ4n) is 5.47. The van der Waals surface area contributed by atoms with Gasteiger partial charge >= 0.3 is 0 Å². The van der Waals surface area contributed by atoms with E-state index in [4.69, 9.17) is 9.97 Å². The first-order valence-corrected chi connectivity index (χ1v) is 13.7. The van der Waals surface area contributed by atoms with Gasteiger partial charge in [0.15, 0.2) is 0 Å². The normalized spacial score (nSPS) is 18.3. The highest BCUT2D eigenvalue weighted by atomic mass is 19.1. The number of para-hydroxylation sites is 1. The summed E-state index contributed by atoms with van der Waals surface area (Å²) >= 11 is 0. The molecular weight excluding hydrogens is 473 g/mol. The molecule has 1 heterocycles. The minimum Gasteiger partial charge on any atom is -0.362 e. The fourth-order valence-corrected chi connectivity index (χ4v) is 5.47. The van der Waals surface area contributed by atoms with Crippen LogP contribution in [-0.2, 0) is 0 Å². The molecule has 5 rings (SSSR count). The molecule has 1 fully saturated rings. The minimum atomic E-state index is -0.153. The summed E-state index contributed by atoms with van der Waals surface area (Å²) < 4.78 is 14.8. The van der Waals surface area contributed by atoms with Gasteiger partial charge in [0.25, 0.3) is 0 Å². The van der Waals surface area contributed by atoms with Gasteiger partial charge in [0, 0.05) is 37.6 Å². The third kappa shape index (κ3) is 6.13. The predicted molar refractivity (Wildman–Crippen MR) is 156 cm³/mol. The quantitative estimate of drug-likeness (QED) is 0.257. The molecule has 6 heteroatoms.